The fraction of sp³-hybridized carbons (Fsp3) is 0.391. The molecule has 1 aromatic heterocycles. The van der Waals surface area contributed by atoms with Gasteiger partial charge in [0.1, 0.15) is 18.2 Å². The molecule has 0 radical (unpaired) electrons. The summed E-state index contributed by atoms with van der Waals surface area (Å²) in [7, 11) is 0. The minimum absolute atomic E-state index is 0.0432. The number of imidazole rings is 1. The predicted molar refractivity (Wildman–Crippen MR) is 118 cm³/mol. The number of aryl methyl sites for hydroxylation is 1. The topological polar surface area (TPSA) is 56.1 Å². The Hall–Kier alpha value is -2.53. The zero-order valence-electron chi connectivity index (χ0n) is 17.5. The maximum Gasteiger partial charge on any atom is 0.225 e. The Kier molecular flexibility index (Phi) is 6.48. The molecule has 29 heavy (non-hydrogen) atoms. The molecular formula is C23H28ClN3O2. The average Bonchev–Trinajstić information content (AvgIpc) is 3.01. The Morgan fingerprint density at radius 2 is 1.97 bits per heavy atom. The van der Waals surface area contributed by atoms with Crippen LogP contribution in [0.25, 0.3) is 11.0 Å². The van der Waals surface area contributed by atoms with Crippen molar-refractivity contribution in [1.29, 1.82) is 0 Å². The van der Waals surface area contributed by atoms with Gasteiger partial charge in [-0.25, -0.2) is 4.98 Å². The first-order valence-electron chi connectivity index (χ1n) is 9.87. The van der Waals surface area contributed by atoms with E-state index in [0.29, 0.717) is 26.1 Å². The van der Waals surface area contributed by atoms with Crippen molar-refractivity contribution in [2.45, 2.75) is 40.7 Å². The molecule has 3 rings (SSSR count). The van der Waals surface area contributed by atoms with Crippen molar-refractivity contribution in [1.82, 2.24) is 14.9 Å². The molecule has 2 aromatic carbocycles. The lowest BCUT2D eigenvalue weighted by molar-refractivity contribution is -0.128. The molecule has 0 atom stereocenters. The normalized spacial score (nSPS) is 11.6. The van der Waals surface area contributed by atoms with Crippen LogP contribution in [0.5, 0.6) is 5.75 Å². The molecule has 0 aliphatic carbocycles. The van der Waals surface area contributed by atoms with Gasteiger partial charge in [-0.3, -0.25) is 4.79 Å². The highest BCUT2D eigenvalue weighted by Crippen LogP contribution is 2.22. The molecular weight excluding hydrogens is 386 g/mol. The van der Waals surface area contributed by atoms with Crippen molar-refractivity contribution < 1.29 is 9.53 Å². The fourth-order valence-electron chi connectivity index (χ4n) is 3.08. The smallest absolute Gasteiger partial charge is 0.225 e. The van der Waals surface area contributed by atoms with E-state index in [9.17, 15) is 4.79 Å². The molecule has 0 bridgehead atoms. The van der Waals surface area contributed by atoms with Crippen molar-refractivity contribution in [2.24, 2.45) is 5.41 Å². The third-order valence-corrected chi connectivity index (χ3v) is 5.19. The van der Waals surface area contributed by atoms with Crippen LogP contribution in [0.2, 0.25) is 5.02 Å². The number of nitrogens with one attached hydrogen (secondary N) is 1. The van der Waals surface area contributed by atoms with E-state index in [1.54, 1.807) is 0 Å². The molecule has 0 saturated carbocycles. The maximum atomic E-state index is 12.1. The molecule has 1 N–H and O–H groups in total. The van der Waals surface area contributed by atoms with Crippen LogP contribution in [0.3, 0.4) is 0 Å². The lowest BCUT2D eigenvalue weighted by atomic mass is 9.96. The molecule has 154 valence electrons. The first-order valence-corrected chi connectivity index (χ1v) is 10.2. The Bertz CT molecular complexity index is 1010. The maximum absolute atomic E-state index is 12.1. The summed E-state index contributed by atoms with van der Waals surface area (Å²) in [5.74, 6) is 1.79. The van der Waals surface area contributed by atoms with Gasteiger partial charge < -0.3 is 14.6 Å². The minimum Gasteiger partial charge on any atom is -0.492 e. The van der Waals surface area contributed by atoms with Crippen LogP contribution in [0, 0.1) is 12.3 Å². The summed E-state index contributed by atoms with van der Waals surface area (Å²) >= 11 is 6.08. The van der Waals surface area contributed by atoms with E-state index < -0.39 is 5.41 Å². The van der Waals surface area contributed by atoms with Crippen LogP contribution in [0.1, 0.15) is 32.2 Å². The van der Waals surface area contributed by atoms with Gasteiger partial charge in [0, 0.05) is 23.4 Å². The quantitative estimate of drug-likeness (QED) is 0.606. The number of rotatable bonds is 7. The van der Waals surface area contributed by atoms with Crippen LogP contribution in [0.4, 0.5) is 0 Å². The van der Waals surface area contributed by atoms with Gasteiger partial charge in [0.15, 0.2) is 0 Å². The van der Waals surface area contributed by atoms with Gasteiger partial charge in [-0.1, -0.05) is 44.5 Å². The van der Waals surface area contributed by atoms with Crippen molar-refractivity contribution in [2.75, 3.05) is 13.2 Å². The summed E-state index contributed by atoms with van der Waals surface area (Å²) in [6.07, 6.45) is 0.663. The number of para-hydroxylation sites is 2. The zero-order chi connectivity index (χ0) is 21.0. The third kappa shape index (κ3) is 5.30. The summed E-state index contributed by atoms with van der Waals surface area (Å²) in [6, 6.07) is 13.7. The van der Waals surface area contributed by atoms with Gasteiger partial charge in [0.05, 0.1) is 17.6 Å². The molecule has 0 unspecified atom stereocenters. The highest BCUT2D eigenvalue weighted by molar-refractivity contribution is 6.31. The average molecular weight is 414 g/mol. The second-order valence-electron chi connectivity index (χ2n) is 8.18. The summed E-state index contributed by atoms with van der Waals surface area (Å²) in [6.45, 7) is 9.43. The van der Waals surface area contributed by atoms with Crippen LogP contribution < -0.4 is 10.1 Å². The Morgan fingerprint density at radius 1 is 1.21 bits per heavy atom. The molecule has 0 saturated heterocycles. The van der Waals surface area contributed by atoms with E-state index in [4.69, 9.17) is 21.3 Å². The minimum atomic E-state index is -0.398. The van der Waals surface area contributed by atoms with Crippen molar-refractivity contribution in [3.8, 4) is 5.75 Å². The molecule has 1 amide bonds. The van der Waals surface area contributed by atoms with Gasteiger partial charge in [-0.05, 0) is 42.8 Å². The predicted octanol–water partition coefficient (Wildman–Crippen LogP) is 4.78. The van der Waals surface area contributed by atoms with E-state index in [1.165, 1.54) is 0 Å². The fourth-order valence-corrected chi connectivity index (χ4v) is 3.20. The highest BCUT2D eigenvalue weighted by atomic mass is 35.5. The Morgan fingerprint density at radius 3 is 2.69 bits per heavy atom. The molecule has 0 fully saturated rings. The van der Waals surface area contributed by atoms with Gasteiger partial charge in [-0.2, -0.15) is 0 Å². The standard InChI is InChI=1S/C23H28ClN3O2/c1-16-15-17(9-10-18(16)24)29-14-13-27-20-8-6-5-7-19(20)26-21(27)11-12-25-22(28)23(2,3)4/h5-10,15H,11-14H2,1-4H3,(H,25,28). The first kappa shape index (κ1) is 21.2. The number of nitrogens with zero attached hydrogens (tertiary/aromatic N) is 2. The summed E-state index contributed by atoms with van der Waals surface area (Å²) < 4.78 is 8.10. The van der Waals surface area contributed by atoms with Gasteiger partial charge >= 0.3 is 0 Å². The largest absolute Gasteiger partial charge is 0.492 e. The second-order valence-corrected chi connectivity index (χ2v) is 8.59. The summed E-state index contributed by atoms with van der Waals surface area (Å²) in [4.78, 5) is 16.9. The van der Waals surface area contributed by atoms with Crippen LogP contribution in [0.15, 0.2) is 42.5 Å². The monoisotopic (exact) mass is 413 g/mol. The number of hydrogen-bond acceptors (Lipinski definition) is 3. The first-order chi connectivity index (χ1) is 13.8. The van der Waals surface area contributed by atoms with Crippen molar-refractivity contribution in [3.63, 3.8) is 0 Å². The number of fused-ring (bicyclic) bond motifs is 1. The van der Waals surface area contributed by atoms with E-state index in [-0.39, 0.29) is 5.91 Å². The lowest BCUT2D eigenvalue weighted by Gasteiger charge is -2.17. The van der Waals surface area contributed by atoms with Crippen LogP contribution in [-0.2, 0) is 17.8 Å². The lowest BCUT2D eigenvalue weighted by Crippen LogP contribution is -2.36. The zero-order valence-corrected chi connectivity index (χ0v) is 18.2. The summed E-state index contributed by atoms with van der Waals surface area (Å²) in [5, 5.41) is 3.73. The van der Waals surface area contributed by atoms with E-state index in [2.05, 4.69) is 16.0 Å². The number of halogens is 1. The Labute approximate surface area is 177 Å². The number of aromatic nitrogens is 2. The number of hydrogen-bond donors (Lipinski definition) is 1. The van der Waals surface area contributed by atoms with Gasteiger partial charge in [0.25, 0.3) is 0 Å². The number of ether oxygens (including phenoxy) is 1. The Balaban J connectivity index is 1.69. The molecule has 3 aromatic rings. The van der Waals surface area contributed by atoms with Crippen molar-refractivity contribution >= 4 is 28.5 Å². The van der Waals surface area contributed by atoms with Gasteiger partial charge in [0.2, 0.25) is 5.91 Å². The SMILES string of the molecule is Cc1cc(OCCn2c(CCNC(=O)C(C)(C)C)nc3ccccc32)ccc1Cl. The van der Waals surface area contributed by atoms with E-state index in [1.807, 2.05) is 64.1 Å². The second kappa shape index (κ2) is 8.87. The van der Waals surface area contributed by atoms with Gasteiger partial charge in [-0.15, -0.1) is 0 Å². The number of amides is 1. The van der Waals surface area contributed by atoms with Crippen LogP contribution in [-0.4, -0.2) is 28.6 Å². The molecule has 0 spiro atoms. The molecule has 5 nitrogen and oxygen atoms in total. The number of carbonyl (C=O) groups excluding carboxylic acids is 1. The van der Waals surface area contributed by atoms with E-state index >= 15 is 0 Å². The number of benzene rings is 2. The molecule has 0 aliphatic heterocycles. The molecule has 0 aliphatic rings. The van der Waals surface area contributed by atoms with Crippen LogP contribution >= 0.6 is 11.6 Å². The third-order valence-electron chi connectivity index (χ3n) is 4.76. The molecule has 1 heterocycles. The van der Waals surface area contributed by atoms with E-state index in [0.717, 1.165) is 33.2 Å². The molecule has 6 heteroatoms. The number of carbonyl (C=O) groups is 1. The van der Waals surface area contributed by atoms with Crippen molar-refractivity contribution in [3.05, 3.63) is 58.9 Å². The summed E-state index contributed by atoms with van der Waals surface area (Å²) in [5.41, 5.74) is 2.62. The highest BCUT2D eigenvalue weighted by Gasteiger charge is 2.20.